The van der Waals surface area contributed by atoms with Gasteiger partial charge in [0.05, 0.1) is 10.0 Å². The van der Waals surface area contributed by atoms with E-state index in [1.807, 2.05) is 0 Å². The Kier molecular flexibility index (Phi) is 7.79. The topological polar surface area (TPSA) is 26.0 Å². The summed E-state index contributed by atoms with van der Waals surface area (Å²) in [7, 11) is 0. The van der Waals surface area contributed by atoms with Gasteiger partial charge in [0.2, 0.25) is 0 Å². The van der Waals surface area contributed by atoms with Gasteiger partial charge in [-0.1, -0.05) is 54.6 Å². The van der Waals surface area contributed by atoms with E-state index in [0.717, 1.165) is 24.8 Å². The summed E-state index contributed by atoms with van der Waals surface area (Å²) in [6.45, 7) is 2.12. The zero-order valence-corrected chi connectivity index (χ0v) is 12.1. The highest BCUT2D eigenvalue weighted by molar-refractivity contribution is 6.44. The van der Waals surface area contributed by atoms with Gasteiger partial charge in [0.1, 0.15) is 0 Å². The molecule has 92 valence electrons. The van der Waals surface area contributed by atoms with E-state index in [2.05, 4.69) is 6.92 Å². The molecule has 0 aliphatic carbocycles. The van der Waals surface area contributed by atoms with E-state index < -0.39 is 0 Å². The molecular weight excluding hydrogens is 288 g/mol. The molecule has 1 nitrogen and oxygen atoms in total. The van der Waals surface area contributed by atoms with Gasteiger partial charge in [-0.05, 0) is 18.6 Å². The van der Waals surface area contributed by atoms with Crippen molar-refractivity contribution in [3.8, 4) is 0 Å². The summed E-state index contributed by atoms with van der Waals surface area (Å²) >= 11 is 18.0. The van der Waals surface area contributed by atoms with Crippen molar-refractivity contribution in [2.75, 3.05) is 0 Å². The fourth-order valence-corrected chi connectivity index (χ4v) is 2.27. The third kappa shape index (κ3) is 3.97. The van der Waals surface area contributed by atoms with Crippen LogP contribution in [0.25, 0.3) is 0 Å². The lowest BCUT2D eigenvalue weighted by Crippen LogP contribution is -2.11. The van der Waals surface area contributed by atoms with Gasteiger partial charge in [-0.3, -0.25) is 0 Å². The highest BCUT2D eigenvalue weighted by Gasteiger charge is 2.15. The highest BCUT2D eigenvalue weighted by Crippen LogP contribution is 2.36. The normalized spacial score (nSPS) is 12.1. The Morgan fingerprint density at radius 3 is 2.31 bits per heavy atom. The van der Waals surface area contributed by atoms with Gasteiger partial charge in [-0.15, -0.1) is 12.4 Å². The molecule has 0 aliphatic heterocycles. The summed E-state index contributed by atoms with van der Waals surface area (Å²) in [6, 6.07) is 3.28. The molecule has 0 heterocycles. The third-order valence-corrected chi connectivity index (χ3v) is 3.47. The average molecular weight is 303 g/mol. The van der Waals surface area contributed by atoms with E-state index in [1.165, 1.54) is 0 Å². The van der Waals surface area contributed by atoms with Crippen LogP contribution in [0.3, 0.4) is 0 Å². The third-order valence-electron chi connectivity index (χ3n) is 2.32. The van der Waals surface area contributed by atoms with Crippen LogP contribution >= 0.6 is 47.2 Å². The Morgan fingerprint density at radius 1 is 1.19 bits per heavy atom. The maximum absolute atomic E-state index is 6.08. The van der Waals surface area contributed by atoms with Crippen LogP contribution in [0, 0.1) is 0 Å². The van der Waals surface area contributed by atoms with Crippen LogP contribution < -0.4 is 5.73 Å². The van der Waals surface area contributed by atoms with Gasteiger partial charge in [0.15, 0.2) is 0 Å². The number of benzene rings is 1. The molecule has 1 atom stereocenters. The van der Waals surface area contributed by atoms with Crippen molar-refractivity contribution in [2.45, 2.75) is 32.2 Å². The molecule has 0 aliphatic rings. The lowest BCUT2D eigenvalue weighted by molar-refractivity contribution is 0.604. The van der Waals surface area contributed by atoms with Gasteiger partial charge in [-0.25, -0.2) is 0 Å². The van der Waals surface area contributed by atoms with Crippen LogP contribution in [-0.4, -0.2) is 0 Å². The lowest BCUT2D eigenvalue weighted by atomic mass is 10.0. The summed E-state index contributed by atoms with van der Waals surface area (Å²) < 4.78 is 0. The first kappa shape index (κ1) is 16.3. The van der Waals surface area contributed by atoms with E-state index in [4.69, 9.17) is 40.5 Å². The smallest absolute Gasteiger partial charge is 0.0654 e. The molecule has 5 heteroatoms. The zero-order valence-electron chi connectivity index (χ0n) is 8.97. The second-order valence-corrected chi connectivity index (χ2v) is 4.70. The molecule has 0 saturated heterocycles. The van der Waals surface area contributed by atoms with Gasteiger partial charge in [0.25, 0.3) is 0 Å². The molecule has 0 aromatic heterocycles. The lowest BCUT2D eigenvalue weighted by Gasteiger charge is -2.15. The molecule has 0 fully saturated rings. The van der Waals surface area contributed by atoms with Crippen LogP contribution in [0.5, 0.6) is 0 Å². The zero-order chi connectivity index (χ0) is 11.4. The van der Waals surface area contributed by atoms with E-state index in [1.54, 1.807) is 12.1 Å². The molecule has 16 heavy (non-hydrogen) atoms. The Balaban J connectivity index is 0.00000225. The van der Waals surface area contributed by atoms with Crippen molar-refractivity contribution >= 4 is 47.2 Å². The molecular formula is C11H15Cl4N. The Bertz CT molecular complexity index is 341. The first-order valence-corrected chi connectivity index (χ1v) is 6.10. The fraction of sp³-hybridized carbons (Fsp3) is 0.455. The van der Waals surface area contributed by atoms with Crippen LogP contribution in [0.1, 0.15) is 37.8 Å². The van der Waals surface area contributed by atoms with Gasteiger partial charge in [0, 0.05) is 16.6 Å². The SMILES string of the molecule is CCCC[C@H](N)c1c(Cl)ccc(Cl)c1Cl.Cl. The Morgan fingerprint density at radius 2 is 1.75 bits per heavy atom. The number of halogens is 4. The number of hydrogen-bond donors (Lipinski definition) is 1. The first-order chi connectivity index (χ1) is 7.07. The Hall–Kier alpha value is 0.340. The van der Waals surface area contributed by atoms with E-state index in [-0.39, 0.29) is 18.4 Å². The molecule has 0 bridgehead atoms. The summed E-state index contributed by atoms with van der Waals surface area (Å²) in [6.07, 6.45) is 3.03. The molecule has 2 N–H and O–H groups in total. The first-order valence-electron chi connectivity index (χ1n) is 4.96. The molecule has 0 saturated carbocycles. The van der Waals surface area contributed by atoms with E-state index in [0.29, 0.717) is 15.1 Å². The maximum Gasteiger partial charge on any atom is 0.0654 e. The number of rotatable bonds is 4. The predicted octanol–water partition coefficient (Wildman–Crippen LogP) is 5.26. The molecule has 0 spiro atoms. The van der Waals surface area contributed by atoms with Crippen molar-refractivity contribution in [3.05, 3.63) is 32.8 Å². The van der Waals surface area contributed by atoms with Crippen LogP contribution in [0.4, 0.5) is 0 Å². The Labute approximate surface area is 118 Å². The van der Waals surface area contributed by atoms with Crippen LogP contribution in [-0.2, 0) is 0 Å². The highest BCUT2D eigenvalue weighted by atomic mass is 35.5. The van der Waals surface area contributed by atoms with Crippen molar-refractivity contribution < 1.29 is 0 Å². The molecule has 0 amide bonds. The molecule has 0 radical (unpaired) electrons. The quantitative estimate of drug-likeness (QED) is 0.754. The minimum absolute atomic E-state index is 0. The average Bonchev–Trinajstić information content (AvgIpc) is 2.21. The van der Waals surface area contributed by atoms with Crippen molar-refractivity contribution in [1.82, 2.24) is 0 Å². The number of hydrogen-bond acceptors (Lipinski definition) is 1. The second kappa shape index (κ2) is 7.62. The largest absolute Gasteiger partial charge is 0.324 e. The molecule has 1 rings (SSSR count). The van der Waals surface area contributed by atoms with Gasteiger partial charge < -0.3 is 5.73 Å². The van der Waals surface area contributed by atoms with E-state index >= 15 is 0 Å². The minimum Gasteiger partial charge on any atom is -0.324 e. The number of unbranched alkanes of at least 4 members (excludes halogenated alkanes) is 1. The van der Waals surface area contributed by atoms with Crippen molar-refractivity contribution in [1.29, 1.82) is 0 Å². The molecule has 1 aromatic rings. The predicted molar refractivity (Wildman–Crippen MR) is 75.2 cm³/mol. The standard InChI is InChI=1S/C11H14Cl3N.ClH/c1-2-3-4-9(15)10-7(12)5-6-8(13)11(10)14;/h5-6,9H,2-4,15H2,1H3;1H/t9-;/m0./s1. The number of nitrogens with two attached hydrogens (primary N) is 1. The van der Waals surface area contributed by atoms with Crippen LogP contribution in [0.15, 0.2) is 12.1 Å². The maximum atomic E-state index is 6.08. The second-order valence-electron chi connectivity index (χ2n) is 3.51. The minimum atomic E-state index is -0.136. The summed E-state index contributed by atoms with van der Waals surface area (Å²) in [5, 5.41) is 1.57. The van der Waals surface area contributed by atoms with Crippen molar-refractivity contribution in [2.24, 2.45) is 5.73 Å². The fourth-order valence-electron chi connectivity index (χ4n) is 1.45. The van der Waals surface area contributed by atoms with Crippen molar-refractivity contribution in [3.63, 3.8) is 0 Å². The van der Waals surface area contributed by atoms with Gasteiger partial charge in [-0.2, -0.15) is 0 Å². The molecule has 1 aromatic carbocycles. The monoisotopic (exact) mass is 301 g/mol. The van der Waals surface area contributed by atoms with Crippen LogP contribution in [0.2, 0.25) is 15.1 Å². The summed E-state index contributed by atoms with van der Waals surface area (Å²) in [4.78, 5) is 0. The molecule has 0 unspecified atom stereocenters. The summed E-state index contributed by atoms with van der Waals surface area (Å²) in [5.74, 6) is 0. The summed E-state index contributed by atoms with van der Waals surface area (Å²) in [5.41, 5.74) is 6.79. The van der Waals surface area contributed by atoms with E-state index in [9.17, 15) is 0 Å². The van der Waals surface area contributed by atoms with Gasteiger partial charge >= 0.3 is 0 Å².